The molecule has 0 radical (unpaired) electrons. The summed E-state index contributed by atoms with van der Waals surface area (Å²) in [5.74, 6) is 1.19. The Morgan fingerprint density at radius 2 is 1.70 bits per heavy atom. The molecule has 0 heterocycles. The zero-order valence-electron chi connectivity index (χ0n) is 17.7. The maximum absolute atomic E-state index is 6.50. The topological polar surface area (TPSA) is 39.7 Å². The van der Waals surface area contributed by atoms with Crippen LogP contribution < -0.4 is 14.8 Å². The van der Waals surface area contributed by atoms with E-state index in [1.165, 1.54) is 6.42 Å². The summed E-state index contributed by atoms with van der Waals surface area (Å²) in [6, 6.07) is 11.5. The zero-order chi connectivity index (χ0) is 20.9. The van der Waals surface area contributed by atoms with Crippen molar-refractivity contribution in [1.82, 2.24) is 5.32 Å². The molecule has 7 heteroatoms. The highest BCUT2D eigenvalue weighted by molar-refractivity contribution is 6.32. The van der Waals surface area contributed by atoms with Crippen LogP contribution in [0.25, 0.3) is 0 Å². The van der Waals surface area contributed by atoms with Crippen molar-refractivity contribution in [2.24, 2.45) is 0 Å². The number of hydrogen-bond donors (Lipinski definition) is 1. The van der Waals surface area contributed by atoms with Crippen molar-refractivity contribution in [3.05, 3.63) is 57.6 Å². The second-order valence-electron chi connectivity index (χ2n) is 6.71. The number of halogens is 3. The monoisotopic (exact) mass is 475 g/mol. The van der Waals surface area contributed by atoms with E-state index in [0.29, 0.717) is 41.3 Å². The van der Waals surface area contributed by atoms with Crippen molar-refractivity contribution in [3.63, 3.8) is 0 Å². The summed E-state index contributed by atoms with van der Waals surface area (Å²) >= 11 is 12.7. The quantitative estimate of drug-likeness (QED) is 0.308. The van der Waals surface area contributed by atoms with Gasteiger partial charge in [-0.25, -0.2) is 0 Å². The SMILES string of the molecule is CCCCOCCCNCc1cc(Cl)c(OCc2ccccc2Cl)c(OCC)c1.Cl. The molecule has 0 aromatic heterocycles. The van der Waals surface area contributed by atoms with Gasteiger partial charge in [-0.05, 0) is 50.1 Å². The summed E-state index contributed by atoms with van der Waals surface area (Å²) in [4.78, 5) is 0. The minimum atomic E-state index is 0. The fourth-order valence-corrected chi connectivity index (χ4v) is 3.25. The molecule has 0 spiro atoms. The van der Waals surface area contributed by atoms with Crippen molar-refractivity contribution >= 4 is 35.6 Å². The van der Waals surface area contributed by atoms with Crippen molar-refractivity contribution < 1.29 is 14.2 Å². The van der Waals surface area contributed by atoms with Gasteiger partial charge in [-0.2, -0.15) is 0 Å². The van der Waals surface area contributed by atoms with E-state index in [4.69, 9.17) is 37.4 Å². The largest absolute Gasteiger partial charge is 0.490 e. The summed E-state index contributed by atoms with van der Waals surface area (Å²) in [7, 11) is 0. The van der Waals surface area contributed by atoms with E-state index in [1.807, 2.05) is 43.3 Å². The molecule has 2 rings (SSSR count). The average molecular weight is 477 g/mol. The Morgan fingerprint density at radius 3 is 2.43 bits per heavy atom. The first-order chi connectivity index (χ1) is 14.2. The Balaban J connectivity index is 0.00000450. The van der Waals surface area contributed by atoms with Gasteiger partial charge in [0.05, 0.1) is 11.6 Å². The Hall–Kier alpha value is -1.17. The first kappa shape index (κ1) is 26.9. The van der Waals surface area contributed by atoms with E-state index in [2.05, 4.69) is 12.2 Å². The molecular weight excluding hydrogens is 445 g/mol. The van der Waals surface area contributed by atoms with E-state index in [1.54, 1.807) is 0 Å². The Bertz CT molecular complexity index is 744. The molecule has 0 bridgehead atoms. The Morgan fingerprint density at radius 1 is 0.933 bits per heavy atom. The van der Waals surface area contributed by atoms with Crippen LogP contribution in [0.5, 0.6) is 11.5 Å². The lowest BCUT2D eigenvalue weighted by molar-refractivity contribution is 0.129. The predicted molar refractivity (Wildman–Crippen MR) is 128 cm³/mol. The molecule has 0 saturated carbocycles. The molecular formula is C23H32Cl3NO3. The van der Waals surface area contributed by atoms with E-state index < -0.39 is 0 Å². The van der Waals surface area contributed by atoms with Gasteiger partial charge in [-0.3, -0.25) is 0 Å². The normalized spacial score (nSPS) is 10.5. The Kier molecular flexibility index (Phi) is 14.0. The lowest BCUT2D eigenvalue weighted by Gasteiger charge is -2.16. The third kappa shape index (κ3) is 9.32. The molecule has 0 saturated heterocycles. The van der Waals surface area contributed by atoms with Gasteiger partial charge in [0.25, 0.3) is 0 Å². The number of hydrogen-bond acceptors (Lipinski definition) is 4. The highest BCUT2D eigenvalue weighted by Crippen LogP contribution is 2.37. The summed E-state index contributed by atoms with van der Waals surface area (Å²) in [5, 5.41) is 4.62. The molecule has 0 unspecified atom stereocenters. The Labute approximate surface area is 196 Å². The van der Waals surface area contributed by atoms with Crippen LogP contribution in [0.3, 0.4) is 0 Å². The molecule has 2 aromatic carbocycles. The molecule has 2 aromatic rings. The molecule has 0 amide bonds. The third-order valence-electron chi connectivity index (χ3n) is 4.31. The molecule has 0 aliphatic heterocycles. The van der Waals surface area contributed by atoms with Crippen LogP contribution >= 0.6 is 35.6 Å². The summed E-state index contributed by atoms with van der Waals surface area (Å²) in [5.41, 5.74) is 1.95. The van der Waals surface area contributed by atoms with Crippen molar-refractivity contribution in [2.45, 2.75) is 46.3 Å². The molecule has 30 heavy (non-hydrogen) atoms. The standard InChI is InChI=1S/C23H31Cl2NO3.ClH/c1-3-5-12-27-13-8-11-26-16-18-14-21(25)23(22(15-18)28-4-2)29-17-19-9-6-7-10-20(19)24;/h6-7,9-10,14-15,26H,3-5,8,11-13,16-17H2,1-2H3;1H. The van der Waals surface area contributed by atoms with Gasteiger partial charge >= 0.3 is 0 Å². The van der Waals surface area contributed by atoms with E-state index in [-0.39, 0.29) is 12.4 Å². The van der Waals surface area contributed by atoms with Gasteiger partial charge in [0.2, 0.25) is 0 Å². The number of rotatable bonds is 14. The highest BCUT2D eigenvalue weighted by Gasteiger charge is 2.13. The minimum absolute atomic E-state index is 0. The molecule has 168 valence electrons. The summed E-state index contributed by atoms with van der Waals surface area (Å²) in [6.45, 7) is 8.19. The van der Waals surface area contributed by atoms with Crippen LogP contribution in [0.1, 0.15) is 44.2 Å². The van der Waals surface area contributed by atoms with E-state index in [9.17, 15) is 0 Å². The van der Waals surface area contributed by atoms with Gasteiger partial charge in [0.1, 0.15) is 6.61 Å². The average Bonchev–Trinajstić information content (AvgIpc) is 2.71. The molecule has 0 aliphatic rings. The van der Waals surface area contributed by atoms with Crippen molar-refractivity contribution in [3.8, 4) is 11.5 Å². The lowest BCUT2D eigenvalue weighted by atomic mass is 10.2. The second-order valence-corrected chi connectivity index (χ2v) is 7.53. The van der Waals surface area contributed by atoms with Crippen LogP contribution in [0.4, 0.5) is 0 Å². The van der Waals surface area contributed by atoms with Crippen molar-refractivity contribution in [2.75, 3.05) is 26.4 Å². The molecule has 0 fully saturated rings. The molecule has 0 aliphatic carbocycles. The fraction of sp³-hybridized carbons (Fsp3) is 0.478. The van der Waals surface area contributed by atoms with Gasteiger partial charge in [-0.15, -0.1) is 12.4 Å². The first-order valence-electron chi connectivity index (χ1n) is 10.3. The van der Waals surface area contributed by atoms with Crippen LogP contribution in [0.15, 0.2) is 36.4 Å². The zero-order valence-corrected chi connectivity index (χ0v) is 20.0. The van der Waals surface area contributed by atoms with Gasteiger partial charge < -0.3 is 19.5 Å². The lowest BCUT2D eigenvalue weighted by Crippen LogP contribution is -2.16. The van der Waals surface area contributed by atoms with E-state index >= 15 is 0 Å². The third-order valence-corrected chi connectivity index (χ3v) is 4.96. The second kappa shape index (κ2) is 15.6. The maximum atomic E-state index is 6.50. The van der Waals surface area contributed by atoms with Crippen LogP contribution in [0, 0.1) is 0 Å². The fourth-order valence-electron chi connectivity index (χ4n) is 2.77. The molecule has 4 nitrogen and oxygen atoms in total. The number of nitrogens with one attached hydrogen (secondary N) is 1. The predicted octanol–water partition coefficient (Wildman–Crippen LogP) is 6.69. The molecule has 1 N–H and O–H groups in total. The maximum Gasteiger partial charge on any atom is 0.180 e. The van der Waals surface area contributed by atoms with Crippen molar-refractivity contribution in [1.29, 1.82) is 0 Å². The summed E-state index contributed by atoms with van der Waals surface area (Å²) in [6.07, 6.45) is 3.27. The van der Waals surface area contributed by atoms with Gasteiger partial charge in [0.15, 0.2) is 11.5 Å². The number of benzene rings is 2. The minimum Gasteiger partial charge on any atom is -0.490 e. The smallest absolute Gasteiger partial charge is 0.180 e. The van der Waals surface area contributed by atoms with E-state index in [0.717, 1.165) is 43.7 Å². The first-order valence-corrected chi connectivity index (χ1v) is 11.0. The molecule has 0 atom stereocenters. The summed E-state index contributed by atoms with van der Waals surface area (Å²) < 4.78 is 17.3. The van der Waals surface area contributed by atoms with Gasteiger partial charge in [0, 0.05) is 30.3 Å². The number of unbranched alkanes of at least 4 members (excludes halogenated alkanes) is 1. The van der Waals surface area contributed by atoms with Crippen LogP contribution in [-0.4, -0.2) is 26.4 Å². The highest BCUT2D eigenvalue weighted by atomic mass is 35.5. The van der Waals surface area contributed by atoms with Crippen LogP contribution in [-0.2, 0) is 17.9 Å². The number of ether oxygens (including phenoxy) is 3. The van der Waals surface area contributed by atoms with Gasteiger partial charge in [-0.1, -0.05) is 54.7 Å². The van der Waals surface area contributed by atoms with Crippen LogP contribution in [0.2, 0.25) is 10.0 Å².